The molecular formula is C21H19BrN2O5. The molecule has 3 rings (SSSR count). The molecule has 8 heteroatoms. The van der Waals surface area contributed by atoms with Gasteiger partial charge in [0.25, 0.3) is 0 Å². The smallest absolute Gasteiger partial charge is 0.337 e. The van der Waals surface area contributed by atoms with Crippen LogP contribution < -0.4 is 5.32 Å². The van der Waals surface area contributed by atoms with Crippen molar-refractivity contribution in [3.8, 4) is 0 Å². The van der Waals surface area contributed by atoms with Gasteiger partial charge in [-0.1, -0.05) is 28.1 Å². The number of likely N-dealkylation sites (tertiary alicyclic amines) is 1. The zero-order valence-electron chi connectivity index (χ0n) is 15.9. The van der Waals surface area contributed by atoms with Crippen LogP contribution in [0.3, 0.4) is 0 Å². The number of halogens is 1. The second-order valence-corrected chi connectivity index (χ2v) is 7.83. The first-order valence-electron chi connectivity index (χ1n) is 8.83. The second kappa shape index (κ2) is 8.16. The van der Waals surface area contributed by atoms with Crippen LogP contribution in [0.2, 0.25) is 0 Å². The predicted molar refractivity (Wildman–Crippen MR) is 109 cm³/mol. The van der Waals surface area contributed by atoms with Gasteiger partial charge in [0.15, 0.2) is 0 Å². The Balaban J connectivity index is 1.69. The molecule has 150 valence electrons. The zero-order valence-corrected chi connectivity index (χ0v) is 17.5. The van der Waals surface area contributed by atoms with E-state index in [2.05, 4.69) is 26.0 Å². The highest BCUT2D eigenvalue weighted by Crippen LogP contribution is 2.36. The quantitative estimate of drug-likeness (QED) is 0.549. The SMILES string of the molecule is COC(=O)c1ccc(NC(=O)CN2C(=O)C[C@](C)(c3ccc(Br)cc3)C2=O)cc1. The first kappa shape index (κ1) is 20.7. The summed E-state index contributed by atoms with van der Waals surface area (Å²) in [4.78, 5) is 50.2. The number of carbonyl (C=O) groups is 4. The van der Waals surface area contributed by atoms with Crippen molar-refractivity contribution in [3.05, 3.63) is 64.1 Å². The minimum absolute atomic E-state index is 0.00850. The van der Waals surface area contributed by atoms with Crippen molar-refractivity contribution in [2.24, 2.45) is 0 Å². The molecule has 2 aromatic rings. The van der Waals surface area contributed by atoms with Crippen LogP contribution in [0.4, 0.5) is 5.69 Å². The average molecular weight is 459 g/mol. The monoisotopic (exact) mass is 458 g/mol. The number of rotatable bonds is 5. The summed E-state index contributed by atoms with van der Waals surface area (Å²) in [6.07, 6.45) is 0.00850. The van der Waals surface area contributed by atoms with Gasteiger partial charge in [-0.05, 0) is 48.9 Å². The highest BCUT2D eigenvalue weighted by molar-refractivity contribution is 9.10. The van der Waals surface area contributed by atoms with Gasteiger partial charge in [-0.2, -0.15) is 0 Å². The van der Waals surface area contributed by atoms with Crippen molar-refractivity contribution in [1.29, 1.82) is 0 Å². The number of hydrogen-bond donors (Lipinski definition) is 1. The Morgan fingerprint density at radius 3 is 2.31 bits per heavy atom. The Kier molecular flexibility index (Phi) is 5.83. The lowest BCUT2D eigenvalue weighted by molar-refractivity contribution is -0.142. The number of amides is 3. The van der Waals surface area contributed by atoms with E-state index in [-0.39, 0.29) is 13.0 Å². The lowest BCUT2D eigenvalue weighted by atomic mass is 9.81. The molecule has 0 spiro atoms. The fourth-order valence-corrected chi connectivity index (χ4v) is 3.50. The maximum absolute atomic E-state index is 12.9. The van der Waals surface area contributed by atoms with Crippen LogP contribution in [0.25, 0.3) is 0 Å². The molecule has 1 N–H and O–H groups in total. The summed E-state index contributed by atoms with van der Waals surface area (Å²) in [6.45, 7) is 1.34. The molecule has 1 saturated heterocycles. The van der Waals surface area contributed by atoms with Gasteiger partial charge in [0.05, 0.1) is 18.1 Å². The summed E-state index contributed by atoms with van der Waals surface area (Å²) in [5.74, 6) is -1.78. The molecule has 1 fully saturated rings. The second-order valence-electron chi connectivity index (χ2n) is 6.92. The molecule has 1 aliphatic rings. The molecular weight excluding hydrogens is 440 g/mol. The van der Waals surface area contributed by atoms with Gasteiger partial charge < -0.3 is 10.1 Å². The fraction of sp³-hybridized carbons (Fsp3) is 0.238. The molecule has 0 aliphatic carbocycles. The number of imide groups is 1. The molecule has 0 radical (unpaired) electrons. The normalized spacial score (nSPS) is 18.7. The third-order valence-corrected chi connectivity index (χ3v) is 5.42. The third kappa shape index (κ3) is 4.22. The topological polar surface area (TPSA) is 92.8 Å². The molecule has 0 saturated carbocycles. The number of anilines is 1. The maximum atomic E-state index is 12.9. The minimum Gasteiger partial charge on any atom is -0.465 e. The number of esters is 1. The molecule has 0 bridgehead atoms. The fourth-order valence-electron chi connectivity index (χ4n) is 3.24. The molecule has 7 nitrogen and oxygen atoms in total. The zero-order chi connectivity index (χ0) is 21.2. The molecule has 0 aromatic heterocycles. The Hall–Kier alpha value is -3.00. The van der Waals surface area contributed by atoms with Crippen molar-refractivity contribution in [1.82, 2.24) is 4.90 Å². The van der Waals surface area contributed by atoms with E-state index in [0.717, 1.165) is 14.9 Å². The van der Waals surface area contributed by atoms with E-state index in [0.29, 0.717) is 11.3 Å². The van der Waals surface area contributed by atoms with Gasteiger partial charge in [0.2, 0.25) is 17.7 Å². The summed E-state index contributed by atoms with van der Waals surface area (Å²) in [7, 11) is 1.28. The van der Waals surface area contributed by atoms with Gasteiger partial charge in [0, 0.05) is 16.6 Å². The van der Waals surface area contributed by atoms with Crippen molar-refractivity contribution < 1.29 is 23.9 Å². The summed E-state index contributed by atoms with van der Waals surface area (Å²) in [5, 5.41) is 2.63. The standard InChI is InChI=1S/C21H19BrN2O5/c1-21(14-5-7-15(22)8-6-14)11-18(26)24(20(21)28)12-17(25)23-16-9-3-13(4-10-16)19(27)29-2/h3-10H,11-12H2,1-2H3,(H,23,25)/t21-/m1/s1. The van der Waals surface area contributed by atoms with Crippen molar-refractivity contribution in [2.75, 3.05) is 19.0 Å². The van der Waals surface area contributed by atoms with E-state index in [4.69, 9.17) is 0 Å². The first-order chi connectivity index (χ1) is 13.7. The van der Waals surface area contributed by atoms with Gasteiger partial charge >= 0.3 is 5.97 Å². The molecule has 0 unspecified atom stereocenters. The first-order valence-corrected chi connectivity index (χ1v) is 9.63. The predicted octanol–water partition coefficient (Wildman–Crippen LogP) is 2.89. The number of hydrogen-bond acceptors (Lipinski definition) is 5. The van der Waals surface area contributed by atoms with Crippen molar-refractivity contribution in [2.45, 2.75) is 18.8 Å². The van der Waals surface area contributed by atoms with Crippen LogP contribution in [-0.4, -0.2) is 42.2 Å². The maximum Gasteiger partial charge on any atom is 0.337 e. The molecule has 3 amide bonds. The van der Waals surface area contributed by atoms with Crippen molar-refractivity contribution in [3.63, 3.8) is 0 Å². The third-order valence-electron chi connectivity index (χ3n) is 4.90. The van der Waals surface area contributed by atoms with Crippen molar-refractivity contribution >= 4 is 45.3 Å². The summed E-state index contributed by atoms with van der Waals surface area (Å²) in [6, 6.07) is 13.3. The summed E-state index contributed by atoms with van der Waals surface area (Å²) in [5.41, 5.74) is 0.513. The Bertz CT molecular complexity index is 972. The molecule has 1 heterocycles. The summed E-state index contributed by atoms with van der Waals surface area (Å²) < 4.78 is 5.49. The van der Waals surface area contributed by atoms with Gasteiger partial charge in [-0.25, -0.2) is 4.79 Å². The Labute approximate surface area is 176 Å². The van der Waals surface area contributed by atoms with Crippen LogP contribution in [0.5, 0.6) is 0 Å². The number of nitrogens with one attached hydrogen (secondary N) is 1. The Morgan fingerprint density at radius 2 is 1.72 bits per heavy atom. The average Bonchev–Trinajstić information content (AvgIpc) is 2.92. The van der Waals surface area contributed by atoms with E-state index < -0.39 is 29.1 Å². The van der Waals surface area contributed by atoms with Gasteiger partial charge in [0.1, 0.15) is 6.54 Å². The van der Waals surface area contributed by atoms with Gasteiger partial charge in [-0.3, -0.25) is 19.3 Å². The minimum atomic E-state index is -1.000. The molecule has 29 heavy (non-hydrogen) atoms. The molecule has 2 aromatic carbocycles. The van der Waals surface area contributed by atoms with Crippen LogP contribution in [-0.2, 0) is 24.5 Å². The number of benzene rings is 2. The van der Waals surface area contributed by atoms with E-state index in [9.17, 15) is 19.2 Å². The largest absolute Gasteiger partial charge is 0.465 e. The van der Waals surface area contributed by atoms with Gasteiger partial charge in [-0.15, -0.1) is 0 Å². The van der Waals surface area contributed by atoms with Crippen LogP contribution in [0, 0.1) is 0 Å². The number of methoxy groups -OCH3 is 1. The molecule has 1 atom stereocenters. The highest BCUT2D eigenvalue weighted by Gasteiger charge is 2.49. The highest BCUT2D eigenvalue weighted by atomic mass is 79.9. The summed E-state index contributed by atoms with van der Waals surface area (Å²) >= 11 is 3.35. The van der Waals surface area contributed by atoms with E-state index in [1.54, 1.807) is 31.2 Å². The van der Waals surface area contributed by atoms with Crippen LogP contribution in [0.1, 0.15) is 29.3 Å². The van der Waals surface area contributed by atoms with E-state index >= 15 is 0 Å². The lowest BCUT2D eigenvalue weighted by Gasteiger charge is -2.22. The molecule has 1 aliphatic heterocycles. The lowest BCUT2D eigenvalue weighted by Crippen LogP contribution is -2.41. The Morgan fingerprint density at radius 1 is 1.10 bits per heavy atom. The van der Waals surface area contributed by atoms with E-state index in [1.165, 1.54) is 19.2 Å². The van der Waals surface area contributed by atoms with Crippen LogP contribution >= 0.6 is 15.9 Å². The van der Waals surface area contributed by atoms with E-state index in [1.807, 2.05) is 12.1 Å². The van der Waals surface area contributed by atoms with Crippen LogP contribution in [0.15, 0.2) is 53.0 Å². The number of carbonyl (C=O) groups excluding carboxylic acids is 4. The number of nitrogens with zero attached hydrogens (tertiary/aromatic N) is 1. The number of ether oxygens (including phenoxy) is 1.